The third kappa shape index (κ3) is 12.2. The van der Waals surface area contributed by atoms with Crippen LogP contribution in [0.15, 0.2) is 54.6 Å². The Morgan fingerprint density at radius 1 is 0.688 bits per heavy atom. The quantitative estimate of drug-likeness (QED) is 0.0504. The molecule has 0 saturated heterocycles. The standard InChI is InChI=1S/C39H50O9/c1-5-45-37(42)16-12-22-48-36-15-11-14-28(33(36)18-20-38(43)46-6-2)13-9-7-8-10-21-47-32-24-30(23-31(25-32)39(44)27(3)4)29-17-19-34(40)35(41)26-29/h11,14-15,17,19,23-27,40-41H,5-10,12-13,16,18,20-22H2,1-4H3. The van der Waals surface area contributed by atoms with Crippen LogP contribution in [0.3, 0.4) is 0 Å². The summed E-state index contributed by atoms with van der Waals surface area (Å²) >= 11 is 0. The van der Waals surface area contributed by atoms with Gasteiger partial charge in [0.1, 0.15) is 11.5 Å². The molecule has 3 rings (SSSR count). The van der Waals surface area contributed by atoms with Gasteiger partial charge in [0.15, 0.2) is 17.3 Å². The van der Waals surface area contributed by atoms with Crippen molar-refractivity contribution in [1.29, 1.82) is 0 Å². The van der Waals surface area contributed by atoms with Gasteiger partial charge in [-0.15, -0.1) is 0 Å². The minimum absolute atomic E-state index is 0.00234. The fourth-order valence-electron chi connectivity index (χ4n) is 5.35. The molecule has 2 N–H and O–H groups in total. The first-order valence-corrected chi connectivity index (χ1v) is 17.0. The normalized spacial score (nSPS) is 10.9. The molecule has 0 aliphatic rings. The number of unbranched alkanes of at least 4 members (excludes halogenated alkanes) is 3. The molecule has 0 radical (unpaired) electrons. The van der Waals surface area contributed by atoms with E-state index in [0.29, 0.717) is 62.6 Å². The molecule has 0 atom stereocenters. The van der Waals surface area contributed by atoms with Crippen LogP contribution in [-0.2, 0) is 31.9 Å². The van der Waals surface area contributed by atoms with E-state index in [-0.39, 0.29) is 41.6 Å². The van der Waals surface area contributed by atoms with Crippen molar-refractivity contribution in [3.63, 3.8) is 0 Å². The Labute approximate surface area is 284 Å². The molecule has 0 aliphatic carbocycles. The summed E-state index contributed by atoms with van der Waals surface area (Å²) < 4.78 is 22.3. The third-order valence-electron chi connectivity index (χ3n) is 7.84. The predicted octanol–water partition coefficient (Wildman–Crippen LogP) is 8.00. The average Bonchev–Trinajstić information content (AvgIpc) is 3.06. The maximum Gasteiger partial charge on any atom is 0.306 e. The van der Waals surface area contributed by atoms with Crippen LogP contribution < -0.4 is 9.47 Å². The molecule has 0 amide bonds. The molecule has 0 aliphatic heterocycles. The van der Waals surface area contributed by atoms with Gasteiger partial charge in [0.05, 0.1) is 26.4 Å². The highest BCUT2D eigenvalue weighted by Crippen LogP contribution is 2.33. The van der Waals surface area contributed by atoms with Crippen molar-refractivity contribution < 1.29 is 43.5 Å². The number of Topliss-reactive ketones (excluding diaryl/α,β-unsaturated/α-hetero) is 1. The molecule has 0 saturated carbocycles. The lowest BCUT2D eigenvalue weighted by Crippen LogP contribution is -2.10. The van der Waals surface area contributed by atoms with Crippen molar-refractivity contribution in [3.05, 3.63) is 71.3 Å². The maximum absolute atomic E-state index is 12.8. The van der Waals surface area contributed by atoms with Gasteiger partial charge in [-0.1, -0.05) is 44.9 Å². The topological polar surface area (TPSA) is 129 Å². The summed E-state index contributed by atoms with van der Waals surface area (Å²) in [6.07, 6.45) is 6.16. The number of esters is 2. The van der Waals surface area contributed by atoms with E-state index < -0.39 is 0 Å². The highest BCUT2D eigenvalue weighted by atomic mass is 16.5. The lowest BCUT2D eigenvalue weighted by Gasteiger charge is -2.16. The number of ketones is 1. The van der Waals surface area contributed by atoms with Gasteiger partial charge in [-0.2, -0.15) is 0 Å². The second-order valence-corrected chi connectivity index (χ2v) is 11.9. The Morgan fingerprint density at radius 3 is 2.10 bits per heavy atom. The number of benzene rings is 3. The third-order valence-corrected chi connectivity index (χ3v) is 7.84. The highest BCUT2D eigenvalue weighted by molar-refractivity contribution is 5.99. The molecule has 0 spiro atoms. The van der Waals surface area contributed by atoms with Gasteiger partial charge in [-0.05, 0) is 105 Å². The number of hydrogen-bond donors (Lipinski definition) is 2. The number of phenols is 2. The number of carbonyl (C=O) groups excluding carboxylic acids is 3. The van der Waals surface area contributed by atoms with Crippen LogP contribution in [0, 0.1) is 5.92 Å². The van der Waals surface area contributed by atoms with E-state index in [4.69, 9.17) is 18.9 Å². The van der Waals surface area contributed by atoms with Crippen molar-refractivity contribution in [2.45, 2.75) is 85.5 Å². The summed E-state index contributed by atoms with van der Waals surface area (Å²) in [4.78, 5) is 36.7. The monoisotopic (exact) mass is 662 g/mol. The van der Waals surface area contributed by atoms with E-state index in [1.165, 1.54) is 12.1 Å². The second kappa shape index (κ2) is 20.0. The lowest BCUT2D eigenvalue weighted by molar-refractivity contribution is -0.144. The Bertz CT molecular complexity index is 1490. The average molecular weight is 663 g/mol. The minimum Gasteiger partial charge on any atom is -0.504 e. The van der Waals surface area contributed by atoms with Gasteiger partial charge < -0.3 is 29.2 Å². The fraction of sp³-hybridized carbons (Fsp3) is 0.462. The van der Waals surface area contributed by atoms with E-state index in [0.717, 1.165) is 54.5 Å². The van der Waals surface area contributed by atoms with Crippen LogP contribution in [0.1, 0.15) is 94.1 Å². The Balaban J connectivity index is 1.56. The molecular formula is C39H50O9. The van der Waals surface area contributed by atoms with Gasteiger partial charge in [0, 0.05) is 24.3 Å². The SMILES string of the molecule is CCOC(=O)CCCOc1cccc(CCCCCCOc2cc(C(=O)C(C)C)cc(-c3ccc(O)c(O)c3)c2)c1CCC(=O)OCC. The largest absolute Gasteiger partial charge is 0.504 e. The molecule has 0 aromatic heterocycles. The van der Waals surface area contributed by atoms with Gasteiger partial charge in [-0.25, -0.2) is 0 Å². The maximum atomic E-state index is 12.8. The summed E-state index contributed by atoms with van der Waals surface area (Å²) in [6.45, 7) is 8.84. The number of rotatable bonds is 21. The van der Waals surface area contributed by atoms with Gasteiger partial charge in [0.2, 0.25) is 0 Å². The number of hydrogen-bond acceptors (Lipinski definition) is 9. The van der Waals surface area contributed by atoms with Crippen LogP contribution >= 0.6 is 0 Å². The minimum atomic E-state index is -0.243. The van der Waals surface area contributed by atoms with E-state index in [1.807, 2.05) is 32.0 Å². The van der Waals surface area contributed by atoms with Gasteiger partial charge in [0.25, 0.3) is 0 Å². The zero-order valence-electron chi connectivity index (χ0n) is 28.7. The van der Waals surface area contributed by atoms with Crippen LogP contribution in [0.25, 0.3) is 11.1 Å². The number of aryl methyl sites for hydroxylation is 1. The van der Waals surface area contributed by atoms with Crippen LogP contribution in [0.2, 0.25) is 0 Å². The molecule has 0 unspecified atom stereocenters. The van der Waals surface area contributed by atoms with Crippen molar-refractivity contribution in [2.75, 3.05) is 26.4 Å². The van der Waals surface area contributed by atoms with Crippen molar-refractivity contribution in [3.8, 4) is 34.1 Å². The van der Waals surface area contributed by atoms with E-state index in [9.17, 15) is 24.6 Å². The van der Waals surface area contributed by atoms with E-state index in [1.54, 1.807) is 32.0 Å². The predicted molar refractivity (Wildman–Crippen MR) is 185 cm³/mol. The van der Waals surface area contributed by atoms with Crippen LogP contribution in [0.4, 0.5) is 0 Å². The second-order valence-electron chi connectivity index (χ2n) is 11.9. The van der Waals surface area contributed by atoms with Crippen LogP contribution in [-0.4, -0.2) is 54.4 Å². The molecule has 3 aromatic carbocycles. The van der Waals surface area contributed by atoms with Crippen molar-refractivity contribution in [2.24, 2.45) is 5.92 Å². The summed E-state index contributed by atoms with van der Waals surface area (Å²) in [5, 5.41) is 19.7. The zero-order chi connectivity index (χ0) is 34.9. The molecule has 48 heavy (non-hydrogen) atoms. The van der Waals surface area contributed by atoms with Gasteiger partial charge in [-0.3, -0.25) is 14.4 Å². The molecule has 260 valence electrons. The first kappa shape index (κ1) is 37.9. The molecule has 3 aromatic rings. The Kier molecular flexibility index (Phi) is 15.8. The smallest absolute Gasteiger partial charge is 0.306 e. The van der Waals surface area contributed by atoms with Crippen LogP contribution in [0.5, 0.6) is 23.0 Å². The Morgan fingerprint density at radius 2 is 1.40 bits per heavy atom. The van der Waals surface area contributed by atoms with E-state index >= 15 is 0 Å². The Hall–Kier alpha value is -4.53. The summed E-state index contributed by atoms with van der Waals surface area (Å²) in [7, 11) is 0. The molecular weight excluding hydrogens is 612 g/mol. The number of carbonyl (C=O) groups is 3. The zero-order valence-corrected chi connectivity index (χ0v) is 28.7. The summed E-state index contributed by atoms with van der Waals surface area (Å²) in [5.41, 5.74) is 4.06. The first-order valence-electron chi connectivity index (χ1n) is 17.0. The van der Waals surface area contributed by atoms with Gasteiger partial charge >= 0.3 is 11.9 Å². The number of ether oxygens (including phenoxy) is 4. The summed E-state index contributed by atoms with van der Waals surface area (Å²) in [5.74, 6) is 0.204. The molecule has 9 nitrogen and oxygen atoms in total. The molecule has 0 fully saturated rings. The number of phenolic OH excluding ortho intramolecular Hbond substituents is 2. The van der Waals surface area contributed by atoms with E-state index in [2.05, 4.69) is 6.07 Å². The highest BCUT2D eigenvalue weighted by Gasteiger charge is 2.16. The molecule has 0 bridgehead atoms. The lowest BCUT2D eigenvalue weighted by atomic mass is 9.96. The fourth-order valence-corrected chi connectivity index (χ4v) is 5.35. The molecule has 9 heteroatoms. The van der Waals surface area contributed by atoms with Crippen molar-refractivity contribution >= 4 is 17.7 Å². The van der Waals surface area contributed by atoms with Crippen molar-refractivity contribution in [1.82, 2.24) is 0 Å². The first-order chi connectivity index (χ1) is 23.1. The molecule has 0 heterocycles. The summed E-state index contributed by atoms with van der Waals surface area (Å²) in [6, 6.07) is 15.9. The number of aromatic hydroxyl groups is 2.